The molecule has 4 rings (SSSR count). The summed E-state index contributed by atoms with van der Waals surface area (Å²) in [4.78, 5) is 0. The number of nitrogens with one attached hydrogen (secondary N) is 2. The molecule has 0 atom stereocenters. The molecule has 2 N–H and O–H groups in total. The molecule has 0 amide bonds. The number of rotatable bonds is 8. The van der Waals surface area contributed by atoms with Gasteiger partial charge < -0.3 is 20.0 Å². The third-order valence-corrected chi connectivity index (χ3v) is 8.23. The number of para-hydroxylation sites is 3. The molecule has 1 fully saturated rings. The van der Waals surface area contributed by atoms with Crippen LogP contribution in [0.5, 0.6) is 0 Å². The van der Waals surface area contributed by atoms with Crippen LogP contribution < -0.4 is 20.0 Å². The summed E-state index contributed by atoms with van der Waals surface area (Å²) in [7, 11) is -0.406. The van der Waals surface area contributed by atoms with Gasteiger partial charge in [0.1, 0.15) is 0 Å². The molecule has 0 unspecified atom stereocenters. The van der Waals surface area contributed by atoms with Gasteiger partial charge in [0.05, 0.1) is 8.22 Å². The second-order valence-electron chi connectivity index (χ2n) is 7.47. The van der Waals surface area contributed by atoms with E-state index >= 15 is 0 Å². The molecule has 160 valence electrons. The first-order valence-electron chi connectivity index (χ1n) is 10.8. The third kappa shape index (κ3) is 5.96. The molecule has 0 aliphatic carbocycles. The highest BCUT2D eigenvalue weighted by Crippen LogP contribution is 2.53. The minimum absolute atomic E-state index is 0.406. The maximum Gasteiger partial charge on any atom is 0.170 e. The molecule has 0 radical (unpaired) electrons. The molecule has 0 spiro atoms. The van der Waals surface area contributed by atoms with E-state index in [9.17, 15) is 0 Å². The molecule has 0 saturated carbocycles. The smallest absolute Gasteiger partial charge is 0.170 e. The maximum atomic E-state index is 5.42. The summed E-state index contributed by atoms with van der Waals surface area (Å²) in [5.41, 5.74) is 3.68. The first kappa shape index (κ1) is 21.6. The normalized spacial score (nSPS) is 13.9. The number of hydrogen-bond acceptors (Lipinski definition) is 3. The van der Waals surface area contributed by atoms with Gasteiger partial charge in [0.2, 0.25) is 0 Å². The lowest BCUT2D eigenvalue weighted by Gasteiger charge is -2.32. The minimum Gasteiger partial charge on any atom is -0.362 e. The number of unbranched alkanes of at least 4 members (excludes halogenated alkanes) is 1. The van der Waals surface area contributed by atoms with Gasteiger partial charge in [-0.3, -0.25) is 0 Å². The minimum atomic E-state index is -0.406. The Morgan fingerprint density at radius 2 is 1.26 bits per heavy atom. The van der Waals surface area contributed by atoms with Crippen LogP contribution in [0, 0.1) is 0 Å². The predicted molar refractivity (Wildman–Crippen MR) is 139 cm³/mol. The summed E-state index contributed by atoms with van der Waals surface area (Å²) in [6.07, 6.45) is 3.44. The Morgan fingerprint density at radius 1 is 0.742 bits per heavy atom. The molecule has 4 nitrogen and oxygen atoms in total. The number of nitrogens with zero attached hydrogens (tertiary/aromatic N) is 2. The molecule has 1 aliphatic heterocycles. The molecule has 1 saturated heterocycles. The van der Waals surface area contributed by atoms with Gasteiger partial charge in [-0.15, -0.1) is 0 Å². The third-order valence-electron chi connectivity index (χ3n) is 5.29. The summed E-state index contributed by atoms with van der Waals surface area (Å²) in [5, 5.41) is 7.27. The van der Waals surface area contributed by atoms with Gasteiger partial charge in [0.15, 0.2) is 5.11 Å². The Morgan fingerprint density at radius 3 is 1.81 bits per heavy atom. The molecule has 1 heterocycles. The van der Waals surface area contributed by atoms with Crippen LogP contribution in [-0.4, -0.2) is 30.9 Å². The van der Waals surface area contributed by atoms with Crippen LogP contribution in [-0.2, 0) is 0 Å². The number of benzene rings is 3. The van der Waals surface area contributed by atoms with Crippen molar-refractivity contribution < 1.29 is 0 Å². The summed E-state index contributed by atoms with van der Waals surface area (Å²) in [6.45, 7) is 3.04. The highest BCUT2D eigenvalue weighted by molar-refractivity contribution is 7.80. The summed E-state index contributed by atoms with van der Waals surface area (Å²) in [6, 6.07) is 31.7. The van der Waals surface area contributed by atoms with Crippen LogP contribution in [0.15, 0.2) is 91.0 Å². The predicted octanol–water partition coefficient (Wildman–Crippen LogP) is 6.09. The van der Waals surface area contributed by atoms with E-state index < -0.39 is 8.22 Å². The lowest BCUT2D eigenvalue weighted by atomic mass is 10.3. The first-order valence-corrected chi connectivity index (χ1v) is 12.7. The molecular weight excluding hydrogens is 419 g/mol. The summed E-state index contributed by atoms with van der Waals surface area (Å²) in [5.74, 6) is 0. The van der Waals surface area contributed by atoms with Crippen molar-refractivity contribution in [2.75, 3.05) is 40.5 Å². The first-order chi connectivity index (χ1) is 15.3. The molecule has 0 bridgehead atoms. The highest BCUT2D eigenvalue weighted by atomic mass is 32.1. The molecule has 3 aromatic carbocycles. The standard InChI is InChI=1S/C25H29N4PS/c31-25(27-22-12-4-1-5-13-22)26-18-10-11-21-30-28(23-14-6-2-7-15-23)19-20-29(30)24-16-8-3-9-17-24/h1-9,12-17H,10-11,18-21H2,(H2,26,27,31). The Balaban J connectivity index is 1.31. The fourth-order valence-electron chi connectivity index (χ4n) is 3.79. The van der Waals surface area contributed by atoms with Gasteiger partial charge in [-0.25, -0.2) is 0 Å². The lowest BCUT2D eigenvalue weighted by molar-refractivity contribution is 0.761. The number of hydrogen-bond donors (Lipinski definition) is 2. The Kier molecular flexibility index (Phi) is 7.76. The van der Waals surface area contributed by atoms with Crippen molar-refractivity contribution in [2.24, 2.45) is 0 Å². The van der Waals surface area contributed by atoms with Crippen molar-refractivity contribution in [2.45, 2.75) is 12.8 Å². The van der Waals surface area contributed by atoms with Gasteiger partial charge in [0.25, 0.3) is 0 Å². The largest absolute Gasteiger partial charge is 0.362 e. The average molecular weight is 449 g/mol. The van der Waals surface area contributed by atoms with Crippen LogP contribution in [0.2, 0.25) is 0 Å². The van der Waals surface area contributed by atoms with Crippen molar-refractivity contribution in [3.05, 3.63) is 91.0 Å². The summed E-state index contributed by atoms with van der Waals surface area (Å²) >= 11 is 5.42. The van der Waals surface area contributed by atoms with Crippen molar-refractivity contribution >= 4 is 42.6 Å². The Bertz CT molecular complexity index is 892. The monoisotopic (exact) mass is 448 g/mol. The quantitative estimate of drug-likeness (QED) is 0.247. The van der Waals surface area contributed by atoms with Crippen LogP contribution in [0.3, 0.4) is 0 Å². The second kappa shape index (κ2) is 11.1. The van der Waals surface area contributed by atoms with E-state index in [1.807, 2.05) is 30.3 Å². The van der Waals surface area contributed by atoms with Gasteiger partial charge in [-0.2, -0.15) is 0 Å². The average Bonchev–Trinajstić information content (AvgIpc) is 3.24. The van der Waals surface area contributed by atoms with E-state index in [4.69, 9.17) is 12.2 Å². The van der Waals surface area contributed by atoms with Crippen LogP contribution in [0.4, 0.5) is 17.1 Å². The molecule has 1 aliphatic rings. The van der Waals surface area contributed by atoms with Crippen molar-refractivity contribution in [1.29, 1.82) is 0 Å². The fraction of sp³-hybridized carbons (Fsp3) is 0.240. The fourth-order valence-corrected chi connectivity index (χ4v) is 6.70. The van der Waals surface area contributed by atoms with Crippen LogP contribution in [0.1, 0.15) is 12.8 Å². The zero-order chi connectivity index (χ0) is 21.3. The molecule has 6 heteroatoms. The molecule has 31 heavy (non-hydrogen) atoms. The van der Waals surface area contributed by atoms with E-state index in [1.165, 1.54) is 24.0 Å². The SMILES string of the molecule is S=C(NCCCCP1N(c2ccccc2)CCN1c1ccccc1)Nc1ccccc1. The van der Waals surface area contributed by atoms with Crippen molar-refractivity contribution in [3.63, 3.8) is 0 Å². The Labute approximate surface area is 192 Å². The second-order valence-corrected chi connectivity index (χ2v) is 10.0. The van der Waals surface area contributed by atoms with E-state index in [0.717, 1.165) is 31.7 Å². The van der Waals surface area contributed by atoms with Crippen molar-refractivity contribution in [3.8, 4) is 0 Å². The van der Waals surface area contributed by atoms with E-state index in [-0.39, 0.29) is 0 Å². The van der Waals surface area contributed by atoms with E-state index in [0.29, 0.717) is 5.11 Å². The van der Waals surface area contributed by atoms with Gasteiger partial charge in [0, 0.05) is 42.9 Å². The molecule has 0 aromatic heterocycles. The Hall–Kier alpha value is -2.62. The van der Waals surface area contributed by atoms with E-state index in [2.05, 4.69) is 80.6 Å². The van der Waals surface area contributed by atoms with Crippen LogP contribution >= 0.6 is 20.4 Å². The zero-order valence-electron chi connectivity index (χ0n) is 17.7. The topological polar surface area (TPSA) is 30.5 Å². The molecular formula is C25H29N4PS. The van der Waals surface area contributed by atoms with Crippen molar-refractivity contribution in [1.82, 2.24) is 5.32 Å². The van der Waals surface area contributed by atoms with Gasteiger partial charge in [-0.05, 0) is 61.5 Å². The van der Waals surface area contributed by atoms with Gasteiger partial charge >= 0.3 is 0 Å². The molecule has 3 aromatic rings. The summed E-state index contributed by atoms with van der Waals surface area (Å²) < 4.78 is 5.22. The number of anilines is 3. The lowest BCUT2D eigenvalue weighted by Crippen LogP contribution is -2.29. The maximum absolute atomic E-state index is 5.42. The van der Waals surface area contributed by atoms with Gasteiger partial charge in [-0.1, -0.05) is 54.6 Å². The zero-order valence-corrected chi connectivity index (χ0v) is 19.4. The highest BCUT2D eigenvalue weighted by Gasteiger charge is 2.32. The van der Waals surface area contributed by atoms with E-state index in [1.54, 1.807) is 0 Å². The van der Waals surface area contributed by atoms with Crippen LogP contribution in [0.25, 0.3) is 0 Å². The number of thiocarbonyl (C=S) groups is 1.